The summed E-state index contributed by atoms with van der Waals surface area (Å²) >= 11 is 0. The molecule has 2 aromatic rings. The Hall–Kier alpha value is -2.00. The molecule has 190 valence electrons. The number of fused-ring (bicyclic) bond motifs is 1. The molecule has 1 saturated heterocycles. The Bertz CT molecular complexity index is 900. The highest BCUT2D eigenvalue weighted by Gasteiger charge is 2.23. The molecule has 0 atom stereocenters. The van der Waals surface area contributed by atoms with Crippen molar-refractivity contribution in [3.63, 3.8) is 0 Å². The molecule has 0 bridgehead atoms. The van der Waals surface area contributed by atoms with E-state index < -0.39 is 0 Å². The van der Waals surface area contributed by atoms with Gasteiger partial charge in [0.1, 0.15) is 0 Å². The molecule has 0 unspecified atom stereocenters. The fourth-order valence-electron chi connectivity index (χ4n) is 4.62. The van der Waals surface area contributed by atoms with E-state index in [2.05, 4.69) is 21.6 Å². The third kappa shape index (κ3) is 6.36. The number of methoxy groups -OCH3 is 3. The zero-order chi connectivity index (χ0) is 22.5. The first kappa shape index (κ1) is 28.2. The number of hydrogen-bond donors (Lipinski definition) is 0. The van der Waals surface area contributed by atoms with Gasteiger partial charge in [-0.3, -0.25) is 9.80 Å². The largest absolute Gasteiger partial charge is 0.493 e. The van der Waals surface area contributed by atoms with Crippen molar-refractivity contribution in [2.45, 2.75) is 32.9 Å². The van der Waals surface area contributed by atoms with Gasteiger partial charge in [-0.2, -0.15) is 0 Å². The Morgan fingerprint density at radius 1 is 0.882 bits per heavy atom. The molecule has 1 aromatic carbocycles. The maximum Gasteiger partial charge on any atom is 0.225 e. The molecule has 1 aromatic heterocycles. The van der Waals surface area contributed by atoms with Crippen LogP contribution < -0.4 is 19.1 Å². The summed E-state index contributed by atoms with van der Waals surface area (Å²) in [6.45, 7) is 10.2. The Morgan fingerprint density at radius 2 is 1.56 bits per heavy atom. The van der Waals surface area contributed by atoms with Crippen LogP contribution in [-0.2, 0) is 19.5 Å². The molecule has 8 nitrogen and oxygen atoms in total. The topological polar surface area (TPSA) is 63.2 Å². The van der Waals surface area contributed by atoms with Crippen molar-refractivity contribution in [3.05, 3.63) is 35.2 Å². The average molecular weight is 514 g/mol. The Morgan fingerprint density at radius 3 is 2.15 bits per heavy atom. The van der Waals surface area contributed by atoms with E-state index in [4.69, 9.17) is 24.2 Å². The highest BCUT2D eigenvalue weighted by molar-refractivity contribution is 5.85. The van der Waals surface area contributed by atoms with Crippen LogP contribution in [0.5, 0.6) is 17.2 Å². The van der Waals surface area contributed by atoms with Gasteiger partial charge in [0.25, 0.3) is 0 Å². The molecule has 0 N–H and O–H groups in total. The minimum Gasteiger partial charge on any atom is -0.493 e. The quantitative estimate of drug-likeness (QED) is 0.531. The normalized spacial score (nSPS) is 16.2. The number of ether oxygens (including phenoxy) is 3. The van der Waals surface area contributed by atoms with E-state index in [9.17, 15) is 0 Å². The van der Waals surface area contributed by atoms with E-state index in [1.807, 2.05) is 18.3 Å². The van der Waals surface area contributed by atoms with Gasteiger partial charge in [-0.15, -0.1) is 24.8 Å². The number of rotatable bonds is 8. The molecule has 4 rings (SSSR count). The summed E-state index contributed by atoms with van der Waals surface area (Å²) < 4.78 is 16.5. The molecule has 0 aliphatic carbocycles. The highest BCUT2D eigenvalue weighted by Crippen LogP contribution is 2.38. The number of benzene rings is 1. The van der Waals surface area contributed by atoms with Gasteiger partial charge in [0.15, 0.2) is 11.5 Å². The molecule has 10 heteroatoms. The number of anilines is 1. The van der Waals surface area contributed by atoms with E-state index in [1.165, 1.54) is 24.2 Å². The van der Waals surface area contributed by atoms with E-state index in [0.29, 0.717) is 17.2 Å². The van der Waals surface area contributed by atoms with Crippen LogP contribution in [0.2, 0.25) is 0 Å². The van der Waals surface area contributed by atoms with Gasteiger partial charge in [0.2, 0.25) is 11.7 Å². The molecular weight excluding hydrogens is 477 g/mol. The van der Waals surface area contributed by atoms with Crippen LogP contribution in [0, 0.1) is 0 Å². The number of hydrogen-bond acceptors (Lipinski definition) is 8. The first-order chi connectivity index (χ1) is 15.6. The van der Waals surface area contributed by atoms with Crippen molar-refractivity contribution in [3.8, 4) is 17.2 Å². The smallest absolute Gasteiger partial charge is 0.225 e. The van der Waals surface area contributed by atoms with Crippen LogP contribution in [0.4, 0.5) is 5.95 Å². The standard InChI is InChI=1S/C24H35N5O3.2ClH/c1-5-7-27-9-11-29(12-10-27)24-25-15-19-17-28(8-6-20(19)26-24)16-18-13-21(30-2)23(32-4)22(14-18)31-3;;/h13-15H,5-12,16-17H2,1-4H3;2*1H. The van der Waals surface area contributed by atoms with Crippen LogP contribution in [-0.4, -0.2) is 80.4 Å². The van der Waals surface area contributed by atoms with Gasteiger partial charge in [-0.25, -0.2) is 9.97 Å². The lowest BCUT2D eigenvalue weighted by atomic mass is 10.1. The molecule has 0 spiro atoms. The van der Waals surface area contributed by atoms with Gasteiger partial charge in [0.05, 0.1) is 27.0 Å². The maximum atomic E-state index is 5.50. The molecule has 34 heavy (non-hydrogen) atoms. The van der Waals surface area contributed by atoms with Crippen molar-refractivity contribution in [2.75, 3.05) is 65.5 Å². The number of halogens is 2. The summed E-state index contributed by atoms with van der Waals surface area (Å²) in [5.74, 6) is 2.88. The number of nitrogens with zero attached hydrogens (tertiary/aromatic N) is 5. The Labute approximate surface area is 215 Å². The second-order valence-corrected chi connectivity index (χ2v) is 8.46. The first-order valence-corrected chi connectivity index (χ1v) is 11.5. The third-order valence-electron chi connectivity index (χ3n) is 6.33. The fourth-order valence-corrected chi connectivity index (χ4v) is 4.62. The maximum absolute atomic E-state index is 5.50. The predicted molar refractivity (Wildman–Crippen MR) is 139 cm³/mol. The minimum atomic E-state index is 0. The monoisotopic (exact) mass is 513 g/mol. The van der Waals surface area contributed by atoms with Gasteiger partial charge in [-0.1, -0.05) is 6.92 Å². The summed E-state index contributed by atoms with van der Waals surface area (Å²) in [7, 11) is 4.93. The third-order valence-corrected chi connectivity index (χ3v) is 6.33. The van der Waals surface area contributed by atoms with Crippen LogP contribution in [0.25, 0.3) is 0 Å². The van der Waals surface area contributed by atoms with Crippen molar-refractivity contribution < 1.29 is 14.2 Å². The van der Waals surface area contributed by atoms with Crippen molar-refractivity contribution in [2.24, 2.45) is 0 Å². The highest BCUT2D eigenvalue weighted by atomic mass is 35.5. The summed E-state index contributed by atoms with van der Waals surface area (Å²) in [5, 5.41) is 0. The number of piperazine rings is 1. The Kier molecular flexibility index (Phi) is 11.0. The molecule has 1 fully saturated rings. The first-order valence-electron chi connectivity index (χ1n) is 11.5. The van der Waals surface area contributed by atoms with E-state index >= 15 is 0 Å². The molecule has 0 radical (unpaired) electrons. The zero-order valence-corrected chi connectivity index (χ0v) is 22.2. The van der Waals surface area contributed by atoms with Gasteiger partial charge >= 0.3 is 0 Å². The fraction of sp³-hybridized carbons (Fsp3) is 0.583. The number of aromatic nitrogens is 2. The van der Waals surface area contributed by atoms with Crippen molar-refractivity contribution in [1.29, 1.82) is 0 Å². The van der Waals surface area contributed by atoms with Crippen molar-refractivity contribution in [1.82, 2.24) is 19.8 Å². The SMILES string of the molecule is CCCN1CCN(c2ncc3c(n2)CCN(Cc2cc(OC)c(OC)c(OC)c2)C3)CC1.Cl.Cl. The van der Waals surface area contributed by atoms with Gasteiger partial charge < -0.3 is 19.1 Å². The molecule has 2 aliphatic rings. The van der Waals surface area contributed by atoms with Crippen LogP contribution in [0.15, 0.2) is 18.3 Å². The summed E-state index contributed by atoms with van der Waals surface area (Å²) in [5.41, 5.74) is 3.54. The average Bonchev–Trinajstić information content (AvgIpc) is 2.83. The summed E-state index contributed by atoms with van der Waals surface area (Å²) in [6, 6.07) is 4.04. The predicted octanol–water partition coefficient (Wildman–Crippen LogP) is 3.44. The zero-order valence-electron chi connectivity index (χ0n) is 20.6. The second-order valence-electron chi connectivity index (χ2n) is 8.46. The Balaban J connectivity index is 0.00000204. The van der Waals surface area contributed by atoms with E-state index in [1.54, 1.807) is 21.3 Å². The van der Waals surface area contributed by atoms with Crippen molar-refractivity contribution >= 4 is 30.8 Å². The minimum absolute atomic E-state index is 0. The van der Waals surface area contributed by atoms with Gasteiger partial charge in [-0.05, 0) is 30.7 Å². The lowest BCUT2D eigenvalue weighted by molar-refractivity contribution is 0.241. The molecular formula is C24H37Cl2N5O3. The van der Waals surface area contributed by atoms with E-state index in [-0.39, 0.29) is 24.8 Å². The second kappa shape index (κ2) is 13.2. The van der Waals surface area contributed by atoms with Gasteiger partial charge in [0, 0.05) is 64.0 Å². The molecule has 2 aliphatic heterocycles. The van der Waals surface area contributed by atoms with Crippen LogP contribution in [0.3, 0.4) is 0 Å². The summed E-state index contributed by atoms with van der Waals surface area (Å²) in [4.78, 5) is 16.9. The lowest BCUT2D eigenvalue weighted by Crippen LogP contribution is -2.47. The molecule has 0 amide bonds. The lowest BCUT2D eigenvalue weighted by Gasteiger charge is -2.35. The summed E-state index contributed by atoms with van der Waals surface area (Å²) in [6.07, 6.45) is 4.17. The van der Waals surface area contributed by atoms with Crippen LogP contribution in [0.1, 0.15) is 30.2 Å². The molecule has 0 saturated carbocycles. The van der Waals surface area contributed by atoms with Crippen LogP contribution >= 0.6 is 24.8 Å². The van der Waals surface area contributed by atoms with E-state index in [0.717, 1.165) is 63.7 Å². The molecule has 3 heterocycles.